The van der Waals surface area contributed by atoms with Crippen LogP contribution in [0.1, 0.15) is 26.7 Å². The largest absolute Gasteiger partial charge is 0.406 e. The van der Waals surface area contributed by atoms with Crippen molar-refractivity contribution in [3.63, 3.8) is 0 Å². The van der Waals surface area contributed by atoms with Crippen molar-refractivity contribution in [2.45, 2.75) is 32.9 Å². The molecule has 0 aliphatic heterocycles. The number of benzene rings is 1. The Morgan fingerprint density at radius 2 is 2.05 bits per heavy atom. The van der Waals surface area contributed by atoms with Crippen LogP contribution in [0.5, 0.6) is 0 Å². The minimum absolute atomic E-state index is 0.0341. The molecule has 2 rings (SSSR count). The summed E-state index contributed by atoms with van der Waals surface area (Å²) < 4.78 is 19.3. The summed E-state index contributed by atoms with van der Waals surface area (Å²) in [4.78, 5) is 0. The van der Waals surface area contributed by atoms with Crippen molar-refractivity contribution >= 4 is 27.6 Å². The van der Waals surface area contributed by atoms with Crippen LogP contribution in [0.4, 0.5) is 16.1 Å². The molecule has 1 aromatic heterocycles. The average molecular weight is 343 g/mol. The molecule has 0 atom stereocenters. The summed E-state index contributed by atoms with van der Waals surface area (Å²) in [5.74, 6) is 0.125. The Hall–Kier alpha value is -1.47. The van der Waals surface area contributed by atoms with E-state index in [4.69, 9.17) is 4.42 Å². The van der Waals surface area contributed by atoms with Gasteiger partial charge in [-0.1, -0.05) is 5.10 Å². The molecule has 108 valence electrons. The number of rotatable bonds is 4. The van der Waals surface area contributed by atoms with Gasteiger partial charge in [-0.15, -0.1) is 5.10 Å². The molecule has 2 aromatic rings. The predicted molar refractivity (Wildman–Crippen MR) is 78.3 cm³/mol. The van der Waals surface area contributed by atoms with Gasteiger partial charge in [0.25, 0.3) is 0 Å². The summed E-state index contributed by atoms with van der Waals surface area (Å²) >= 11 is 3.32. The zero-order valence-electron chi connectivity index (χ0n) is 11.5. The summed E-state index contributed by atoms with van der Waals surface area (Å²) in [5, 5.41) is 13.9. The molecule has 0 amide bonds. The van der Waals surface area contributed by atoms with Gasteiger partial charge in [0.2, 0.25) is 5.89 Å². The van der Waals surface area contributed by atoms with Crippen LogP contribution in [0.2, 0.25) is 0 Å². The molecule has 0 bridgehead atoms. The van der Waals surface area contributed by atoms with E-state index in [1.807, 2.05) is 20.8 Å². The molecule has 2 N–H and O–H groups in total. The smallest absolute Gasteiger partial charge is 0.320 e. The normalized spacial score (nSPS) is 11.7. The first-order chi connectivity index (χ1) is 9.33. The van der Waals surface area contributed by atoms with Crippen LogP contribution in [0, 0.1) is 5.82 Å². The van der Waals surface area contributed by atoms with Gasteiger partial charge in [0, 0.05) is 10.0 Å². The Labute approximate surface area is 125 Å². The molecule has 0 aliphatic rings. The average Bonchev–Trinajstić information content (AvgIpc) is 2.78. The van der Waals surface area contributed by atoms with E-state index in [9.17, 15) is 4.39 Å². The SMILES string of the molecule is CC(C)(C)NCc1nnc(Nc2cc(F)ccc2Br)o1. The molecule has 1 aromatic carbocycles. The van der Waals surface area contributed by atoms with Crippen molar-refractivity contribution in [2.75, 3.05) is 5.32 Å². The number of aromatic nitrogens is 2. The molecule has 0 radical (unpaired) electrons. The minimum atomic E-state index is -0.343. The van der Waals surface area contributed by atoms with E-state index in [2.05, 4.69) is 36.8 Å². The highest BCUT2D eigenvalue weighted by molar-refractivity contribution is 9.10. The van der Waals surface area contributed by atoms with Crippen LogP contribution < -0.4 is 10.6 Å². The third-order valence-corrected chi connectivity index (χ3v) is 3.10. The standard InChI is InChI=1S/C13H16BrFN4O/c1-13(2,3)16-7-11-18-19-12(20-11)17-10-6-8(15)4-5-9(10)14/h4-6,16H,7H2,1-3H3,(H,17,19). The molecule has 7 heteroatoms. The maximum absolute atomic E-state index is 13.2. The van der Waals surface area contributed by atoms with Gasteiger partial charge >= 0.3 is 6.01 Å². The van der Waals surface area contributed by atoms with Crippen LogP contribution in [0.25, 0.3) is 0 Å². The van der Waals surface area contributed by atoms with Gasteiger partial charge in [0.05, 0.1) is 12.2 Å². The minimum Gasteiger partial charge on any atom is -0.406 e. The highest BCUT2D eigenvalue weighted by Crippen LogP contribution is 2.26. The third-order valence-electron chi connectivity index (χ3n) is 2.41. The number of anilines is 2. The van der Waals surface area contributed by atoms with E-state index in [1.54, 1.807) is 6.07 Å². The van der Waals surface area contributed by atoms with Gasteiger partial charge in [-0.25, -0.2) is 4.39 Å². The Morgan fingerprint density at radius 1 is 1.30 bits per heavy atom. The molecular weight excluding hydrogens is 327 g/mol. The molecule has 20 heavy (non-hydrogen) atoms. The quantitative estimate of drug-likeness (QED) is 0.888. The predicted octanol–water partition coefficient (Wildman–Crippen LogP) is 3.60. The van der Waals surface area contributed by atoms with Crippen molar-refractivity contribution in [2.24, 2.45) is 0 Å². The maximum atomic E-state index is 13.2. The fourth-order valence-corrected chi connectivity index (χ4v) is 1.77. The van der Waals surface area contributed by atoms with Crippen molar-refractivity contribution < 1.29 is 8.81 Å². The molecule has 0 fully saturated rings. The highest BCUT2D eigenvalue weighted by atomic mass is 79.9. The number of hydrogen-bond donors (Lipinski definition) is 2. The van der Waals surface area contributed by atoms with Crippen LogP contribution >= 0.6 is 15.9 Å². The highest BCUT2D eigenvalue weighted by Gasteiger charge is 2.13. The van der Waals surface area contributed by atoms with Gasteiger partial charge in [-0.3, -0.25) is 0 Å². The Bertz CT molecular complexity index is 594. The van der Waals surface area contributed by atoms with Gasteiger partial charge in [0.15, 0.2) is 0 Å². The lowest BCUT2D eigenvalue weighted by atomic mass is 10.1. The Morgan fingerprint density at radius 3 is 2.75 bits per heavy atom. The number of nitrogens with one attached hydrogen (secondary N) is 2. The molecule has 5 nitrogen and oxygen atoms in total. The molecule has 1 heterocycles. The third kappa shape index (κ3) is 4.28. The molecule has 0 saturated carbocycles. The van der Waals surface area contributed by atoms with Gasteiger partial charge in [-0.05, 0) is 54.9 Å². The second kappa shape index (κ2) is 5.88. The molecule has 0 unspecified atom stereocenters. The number of halogens is 2. The zero-order valence-corrected chi connectivity index (χ0v) is 13.1. The van der Waals surface area contributed by atoms with Crippen molar-refractivity contribution in [1.29, 1.82) is 0 Å². The Kier molecular flexibility index (Phi) is 4.39. The van der Waals surface area contributed by atoms with Crippen molar-refractivity contribution in [3.8, 4) is 0 Å². The monoisotopic (exact) mass is 342 g/mol. The first-order valence-corrected chi connectivity index (χ1v) is 6.92. The van der Waals surface area contributed by atoms with E-state index in [-0.39, 0.29) is 17.4 Å². The lowest BCUT2D eigenvalue weighted by Crippen LogP contribution is -2.35. The van der Waals surface area contributed by atoms with Crippen molar-refractivity contribution in [1.82, 2.24) is 15.5 Å². The topological polar surface area (TPSA) is 63.0 Å². The second-order valence-electron chi connectivity index (χ2n) is 5.35. The molecule has 0 spiro atoms. The molecule has 0 aliphatic carbocycles. The first-order valence-electron chi connectivity index (χ1n) is 6.13. The van der Waals surface area contributed by atoms with Gasteiger partial charge < -0.3 is 15.1 Å². The van der Waals surface area contributed by atoms with E-state index >= 15 is 0 Å². The zero-order chi connectivity index (χ0) is 14.8. The van der Waals surface area contributed by atoms with E-state index in [1.165, 1.54) is 12.1 Å². The van der Waals surface area contributed by atoms with Crippen LogP contribution in [0.15, 0.2) is 27.1 Å². The molecular formula is C13H16BrFN4O. The summed E-state index contributed by atoms with van der Waals surface area (Å²) in [6, 6.07) is 4.54. The van der Waals surface area contributed by atoms with E-state index in [0.717, 1.165) is 0 Å². The maximum Gasteiger partial charge on any atom is 0.320 e. The summed E-state index contributed by atoms with van der Waals surface area (Å²) in [7, 11) is 0. The summed E-state index contributed by atoms with van der Waals surface area (Å²) in [6.07, 6.45) is 0. The fraction of sp³-hybridized carbons (Fsp3) is 0.385. The lowest BCUT2D eigenvalue weighted by molar-refractivity contribution is 0.384. The van der Waals surface area contributed by atoms with Crippen molar-refractivity contribution in [3.05, 3.63) is 34.4 Å². The number of hydrogen-bond acceptors (Lipinski definition) is 5. The second-order valence-corrected chi connectivity index (χ2v) is 6.21. The summed E-state index contributed by atoms with van der Waals surface area (Å²) in [6.45, 7) is 6.62. The fourth-order valence-electron chi connectivity index (χ4n) is 1.42. The lowest BCUT2D eigenvalue weighted by Gasteiger charge is -2.18. The van der Waals surface area contributed by atoms with E-state index in [0.29, 0.717) is 22.6 Å². The van der Waals surface area contributed by atoms with Crippen LogP contribution in [0.3, 0.4) is 0 Å². The first kappa shape index (κ1) is 14.9. The van der Waals surface area contributed by atoms with Crippen LogP contribution in [-0.2, 0) is 6.54 Å². The van der Waals surface area contributed by atoms with Gasteiger partial charge in [0.1, 0.15) is 5.82 Å². The summed E-state index contributed by atoms with van der Waals surface area (Å²) in [5.41, 5.74) is 0.497. The van der Waals surface area contributed by atoms with Crippen LogP contribution in [-0.4, -0.2) is 15.7 Å². The van der Waals surface area contributed by atoms with Gasteiger partial charge in [-0.2, -0.15) is 0 Å². The Balaban J connectivity index is 2.04. The number of nitrogens with zero attached hydrogens (tertiary/aromatic N) is 2. The molecule has 0 saturated heterocycles. The van der Waals surface area contributed by atoms with E-state index < -0.39 is 0 Å².